The number of nitrogens with zero attached hydrogens (tertiary/aromatic N) is 1. The second-order valence-corrected chi connectivity index (χ2v) is 5.27. The summed E-state index contributed by atoms with van der Waals surface area (Å²) in [6.07, 6.45) is -0.130. The molecule has 0 bridgehead atoms. The number of rotatable bonds is 6. The van der Waals surface area contributed by atoms with Crippen molar-refractivity contribution in [3.05, 3.63) is 71.8 Å². The Kier molecular flexibility index (Phi) is 6.39. The Balaban J connectivity index is 2.35. The van der Waals surface area contributed by atoms with Gasteiger partial charge in [-0.3, -0.25) is 24.5 Å². The third-order valence-corrected chi connectivity index (χ3v) is 3.60. The second kappa shape index (κ2) is 8.72. The van der Waals surface area contributed by atoms with Gasteiger partial charge in [0.1, 0.15) is 6.04 Å². The van der Waals surface area contributed by atoms with Crippen molar-refractivity contribution >= 4 is 17.7 Å². The molecule has 0 aromatic heterocycles. The molecule has 0 saturated heterocycles. The minimum Gasteiger partial charge on any atom is -0.394 e. The number of benzene rings is 2. The van der Waals surface area contributed by atoms with E-state index < -0.39 is 30.4 Å². The molecule has 3 N–H and O–H groups in total. The lowest BCUT2D eigenvalue weighted by molar-refractivity contribution is -0.143. The second-order valence-electron chi connectivity index (χ2n) is 5.27. The van der Waals surface area contributed by atoms with Crippen LogP contribution in [-0.2, 0) is 16.0 Å². The monoisotopic (exact) mass is 342 g/mol. The molecule has 0 aliphatic carbocycles. The van der Waals surface area contributed by atoms with Crippen LogP contribution in [0.1, 0.15) is 15.9 Å². The molecule has 0 aliphatic rings. The van der Waals surface area contributed by atoms with Gasteiger partial charge in [0.2, 0.25) is 5.91 Å². The van der Waals surface area contributed by atoms with E-state index in [1.54, 1.807) is 48.5 Å². The lowest BCUT2D eigenvalue weighted by atomic mass is 10.1. The van der Waals surface area contributed by atoms with Crippen molar-refractivity contribution in [1.82, 2.24) is 10.4 Å². The zero-order valence-electron chi connectivity index (χ0n) is 13.3. The van der Waals surface area contributed by atoms with Gasteiger partial charge in [-0.25, -0.2) is 5.48 Å². The highest BCUT2D eigenvalue weighted by Gasteiger charge is 2.34. The Morgan fingerprint density at radius 1 is 0.960 bits per heavy atom. The number of nitrogens with one attached hydrogen (secondary N) is 1. The molecular weight excluding hydrogens is 324 g/mol. The zero-order chi connectivity index (χ0) is 18.2. The number of aliphatic hydroxyl groups is 1. The summed E-state index contributed by atoms with van der Waals surface area (Å²) in [5.74, 6) is -2.44. The number of hydrogen-bond donors (Lipinski definition) is 3. The summed E-state index contributed by atoms with van der Waals surface area (Å²) in [4.78, 5) is 37.9. The van der Waals surface area contributed by atoms with Gasteiger partial charge >= 0.3 is 0 Å². The average Bonchev–Trinajstić information content (AvgIpc) is 2.66. The van der Waals surface area contributed by atoms with Gasteiger partial charge in [0, 0.05) is 5.56 Å². The zero-order valence-corrected chi connectivity index (χ0v) is 13.3. The van der Waals surface area contributed by atoms with E-state index in [4.69, 9.17) is 5.21 Å². The molecule has 0 radical (unpaired) electrons. The number of carbonyl (C=O) groups excluding carboxylic acids is 3. The van der Waals surface area contributed by atoms with Crippen LogP contribution in [0.15, 0.2) is 60.7 Å². The van der Waals surface area contributed by atoms with Crippen LogP contribution in [0.2, 0.25) is 0 Å². The molecule has 7 nitrogen and oxygen atoms in total. The molecule has 7 heteroatoms. The molecule has 2 aromatic carbocycles. The van der Waals surface area contributed by atoms with Crippen LogP contribution >= 0.6 is 0 Å². The van der Waals surface area contributed by atoms with Gasteiger partial charge in [-0.1, -0.05) is 48.5 Å². The van der Waals surface area contributed by atoms with E-state index in [9.17, 15) is 19.5 Å². The van der Waals surface area contributed by atoms with E-state index in [-0.39, 0.29) is 12.0 Å². The molecule has 0 unspecified atom stereocenters. The fourth-order valence-electron chi connectivity index (χ4n) is 2.36. The highest BCUT2D eigenvalue weighted by Crippen LogP contribution is 2.12. The van der Waals surface area contributed by atoms with E-state index >= 15 is 0 Å². The molecule has 2 aromatic rings. The van der Waals surface area contributed by atoms with Gasteiger partial charge in [0.25, 0.3) is 11.8 Å². The Labute approximate surface area is 144 Å². The van der Waals surface area contributed by atoms with Crippen molar-refractivity contribution in [2.24, 2.45) is 0 Å². The molecule has 2 rings (SSSR count). The predicted molar refractivity (Wildman–Crippen MR) is 88.6 cm³/mol. The normalized spacial score (nSPS) is 11.4. The summed E-state index contributed by atoms with van der Waals surface area (Å²) in [5, 5.41) is 18.3. The first-order chi connectivity index (χ1) is 12.1. The molecule has 0 saturated carbocycles. The number of hydrogen-bond acceptors (Lipinski definition) is 5. The SMILES string of the molecule is O=C(NO)[C@H](CO)N(C(=O)Cc1ccccc1)C(=O)c1ccccc1. The topological polar surface area (TPSA) is 107 Å². The quantitative estimate of drug-likeness (QED) is 0.531. The molecule has 0 spiro atoms. The number of hydroxylamine groups is 1. The minimum atomic E-state index is -1.53. The first kappa shape index (κ1) is 18.3. The van der Waals surface area contributed by atoms with Crippen LogP contribution in [0.5, 0.6) is 0 Å². The first-order valence-corrected chi connectivity index (χ1v) is 7.58. The Hall–Kier alpha value is -3.03. The van der Waals surface area contributed by atoms with E-state index in [2.05, 4.69) is 0 Å². The van der Waals surface area contributed by atoms with Gasteiger partial charge in [-0.15, -0.1) is 0 Å². The van der Waals surface area contributed by atoms with E-state index in [1.807, 2.05) is 0 Å². The maximum atomic E-state index is 12.7. The van der Waals surface area contributed by atoms with E-state index in [0.29, 0.717) is 10.5 Å². The number of imide groups is 1. The third kappa shape index (κ3) is 4.50. The Morgan fingerprint density at radius 2 is 1.52 bits per heavy atom. The van der Waals surface area contributed by atoms with Gasteiger partial charge in [0.05, 0.1) is 13.0 Å². The van der Waals surface area contributed by atoms with Crippen molar-refractivity contribution in [1.29, 1.82) is 0 Å². The highest BCUT2D eigenvalue weighted by atomic mass is 16.5. The van der Waals surface area contributed by atoms with Crippen LogP contribution in [0.25, 0.3) is 0 Å². The summed E-state index contributed by atoms with van der Waals surface area (Å²) in [6.45, 7) is -0.814. The van der Waals surface area contributed by atoms with Crippen molar-refractivity contribution in [3.63, 3.8) is 0 Å². The van der Waals surface area contributed by atoms with Crippen LogP contribution < -0.4 is 5.48 Å². The molecule has 0 fully saturated rings. The van der Waals surface area contributed by atoms with E-state index in [1.165, 1.54) is 17.6 Å². The lowest BCUT2D eigenvalue weighted by Crippen LogP contribution is -2.54. The van der Waals surface area contributed by atoms with Gasteiger partial charge in [0.15, 0.2) is 0 Å². The fraction of sp³-hybridized carbons (Fsp3) is 0.167. The Morgan fingerprint density at radius 3 is 2.04 bits per heavy atom. The van der Waals surface area contributed by atoms with E-state index in [0.717, 1.165) is 0 Å². The third-order valence-electron chi connectivity index (χ3n) is 3.60. The summed E-state index contributed by atoms with van der Waals surface area (Å²) in [5.41, 5.74) is 2.22. The van der Waals surface area contributed by atoms with Crippen LogP contribution in [0.4, 0.5) is 0 Å². The molecule has 0 heterocycles. The lowest BCUT2D eigenvalue weighted by Gasteiger charge is -2.27. The Bertz CT molecular complexity index is 734. The van der Waals surface area contributed by atoms with Crippen molar-refractivity contribution in [3.8, 4) is 0 Å². The van der Waals surface area contributed by atoms with Crippen molar-refractivity contribution < 1.29 is 24.7 Å². The summed E-state index contributed by atoms with van der Waals surface area (Å²) >= 11 is 0. The summed E-state index contributed by atoms with van der Waals surface area (Å²) < 4.78 is 0. The molecular formula is C18H18N2O5. The predicted octanol–water partition coefficient (Wildman–Crippen LogP) is 0.764. The molecule has 1 atom stereocenters. The van der Waals surface area contributed by atoms with Gasteiger partial charge in [-0.05, 0) is 17.7 Å². The molecule has 0 aliphatic heterocycles. The first-order valence-electron chi connectivity index (χ1n) is 7.58. The van der Waals surface area contributed by atoms with Crippen molar-refractivity contribution in [2.45, 2.75) is 12.5 Å². The van der Waals surface area contributed by atoms with Crippen molar-refractivity contribution in [2.75, 3.05) is 6.61 Å². The van der Waals surface area contributed by atoms with Crippen LogP contribution in [0, 0.1) is 0 Å². The maximum absolute atomic E-state index is 12.7. The van der Waals surface area contributed by atoms with Gasteiger partial charge in [-0.2, -0.15) is 0 Å². The standard InChI is InChI=1S/C18H18N2O5/c21-12-15(17(23)19-25)20(18(24)14-9-5-2-6-10-14)16(22)11-13-7-3-1-4-8-13/h1-10,15,21,25H,11-12H2,(H,19,23)/t15-/m0/s1. The van der Waals surface area contributed by atoms with Gasteiger partial charge < -0.3 is 5.11 Å². The number of amides is 3. The maximum Gasteiger partial charge on any atom is 0.269 e. The summed E-state index contributed by atoms with van der Waals surface area (Å²) in [7, 11) is 0. The largest absolute Gasteiger partial charge is 0.394 e. The number of carbonyl (C=O) groups is 3. The molecule has 130 valence electrons. The van der Waals surface area contributed by atoms with Crippen LogP contribution in [-0.4, -0.2) is 45.6 Å². The fourth-order valence-corrected chi connectivity index (χ4v) is 2.36. The molecule has 25 heavy (non-hydrogen) atoms. The molecule has 3 amide bonds. The smallest absolute Gasteiger partial charge is 0.269 e. The number of aliphatic hydroxyl groups excluding tert-OH is 1. The average molecular weight is 342 g/mol. The summed E-state index contributed by atoms with van der Waals surface area (Å²) in [6, 6.07) is 15.1. The van der Waals surface area contributed by atoms with Crippen LogP contribution in [0.3, 0.4) is 0 Å². The minimum absolute atomic E-state index is 0.130. The highest BCUT2D eigenvalue weighted by molar-refractivity contribution is 6.08.